The number of aryl methyl sites for hydroxylation is 1. The molecule has 0 saturated carbocycles. The number of anilines is 1. The molecule has 2 rings (SSSR count). The number of rotatable bonds is 8. The van der Waals surface area contributed by atoms with Crippen molar-refractivity contribution in [1.29, 1.82) is 5.26 Å². The summed E-state index contributed by atoms with van der Waals surface area (Å²) in [5, 5.41) is 20.5. The van der Waals surface area contributed by atoms with Gasteiger partial charge in [-0.1, -0.05) is 18.2 Å². The van der Waals surface area contributed by atoms with E-state index < -0.39 is 0 Å². The van der Waals surface area contributed by atoms with Crippen molar-refractivity contribution in [2.24, 2.45) is 4.99 Å². The van der Waals surface area contributed by atoms with Gasteiger partial charge in [-0.25, -0.2) is 4.68 Å². The first kappa shape index (κ1) is 23.7. The van der Waals surface area contributed by atoms with E-state index in [-0.39, 0.29) is 30.0 Å². The topological polar surface area (TPSA) is 113 Å². The Hall–Kier alpha value is -2.32. The van der Waals surface area contributed by atoms with E-state index in [1.807, 2.05) is 37.3 Å². The number of nitrogen functional groups attached to an aromatic ring is 1. The first-order chi connectivity index (χ1) is 13.1. The van der Waals surface area contributed by atoms with Crippen LogP contribution >= 0.6 is 24.0 Å². The largest absolute Gasteiger partial charge is 0.383 e. The van der Waals surface area contributed by atoms with Crippen molar-refractivity contribution in [2.75, 3.05) is 33.0 Å². The van der Waals surface area contributed by atoms with Gasteiger partial charge < -0.3 is 21.1 Å². The molecule has 0 radical (unpaired) electrons. The van der Waals surface area contributed by atoms with E-state index in [1.54, 1.807) is 18.8 Å². The Bertz CT molecular complexity index is 799. The van der Waals surface area contributed by atoms with Crippen LogP contribution in [0.4, 0.5) is 5.82 Å². The van der Waals surface area contributed by atoms with Crippen molar-refractivity contribution < 1.29 is 4.74 Å². The Kier molecular flexibility index (Phi) is 10.3. The normalized spacial score (nSPS) is 12.0. The second-order valence-corrected chi connectivity index (χ2v) is 6.17. The predicted molar refractivity (Wildman–Crippen MR) is 122 cm³/mol. The maximum atomic E-state index is 9.45. The van der Waals surface area contributed by atoms with Crippen LogP contribution in [-0.2, 0) is 11.2 Å². The summed E-state index contributed by atoms with van der Waals surface area (Å²) in [6.45, 7) is 3.32. The van der Waals surface area contributed by atoms with E-state index in [0.717, 1.165) is 18.1 Å². The Labute approximate surface area is 183 Å². The van der Waals surface area contributed by atoms with Gasteiger partial charge in [0, 0.05) is 26.7 Å². The summed E-state index contributed by atoms with van der Waals surface area (Å²) in [4.78, 5) is 4.19. The van der Waals surface area contributed by atoms with Crippen LogP contribution in [0.2, 0.25) is 0 Å². The number of nitrogens with zero attached hydrogens (tertiary/aromatic N) is 4. The van der Waals surface area contributed by atoms with Crippen LogP contribution in [0.25, 0.3) is 5.69 Å². The number of para-hydroxylation sites is 1. The van der Waals surface area contributed by atoms with Gasteiger partial charge in [-0.05, 0) is 31.9 Å². The minimum absolute atomic E-state index is 0. The first-order valence-electron chi connectivity index (χ1n) is 8.89. The number of ether oxygens (including phenoxy) is 1. The zero-order chi connectivity index (χ0) is 19.6. The number of aliphatic imine (C=N–C) groups is 1. The number of nitrogens with one attached hydrogen (secondary N) is 2. The fraction of sp³-hybridized carbons (Fsp3) is 0.421. The molecule has 1 atom stereocenters. The van der Waals surface area contributed by atoms with Gasteiger partial charge in [0.15, 0.2) is 5.96 Å². The molecule has 0 amide bonds. The van der Waals surface area contributed by atoms with E-state index in [0.29, 0.717) is 36.6 Å². The highest BCUT2D eigenvalue weighted by Gasteiger charge is 2.16. The molecule has 0 spiro atoms. The van der Waals surface area contributed by atoms with Crippen molar-refractivity contribution in [3.05, 3.63) is 41.6 Å². The lowest BCUT2D eigenvalue weighted by atomic mass is 10.1. The smallest absolute Gasteiger partial charge is 0.191 e. The number of nitriles is 1. The van der Waals surface area contributed by atoms with Gasteiger partial charge in [-0.2, -0.15) is 10.4 Å². The zero-order valence-electron chi connectivity index (χ0n) is 16.5. The quantitative estimate of drug-likeness (QED) is 0.223. The van der Waals surface area contributed by atoms with Crippen molar-refractivity contribution in [1.82, 2.24) is 20.4 Å². The number of hydrogen-bond donors (Lipinski definition) is 3. The zero-order valence-corrected chi connectivity index (χ0v) is 18.8. The fourth-order valence-corrected chi connectivity index (χ4v) is 2.72. The average Bonchev–Trinajstić information content (AvgIpc) is 3.00. The van der Waals surface area contributed by atoms with E-state index in [9.17, 15) is 5.26 Å². The molecule has 0 aliphatic rings. The highest BCUT2D eigenvalue weighted by molar-refractivity contribution is 14.0. The van der Waals surface area contributed by atoms with E-state index in [1.165, 1.54) is 0 Å². The Morgan fingerprint density at radius 2 is 2.11 bits per heavy atom. The first-order valence-corrected chi connectivity index (χ1v) is 8.89. The molecule has 0 aliphatic carbocycles. The number of hydrogen-bond acceptors (Lipinski definition) is 5. The lowest BCUT2D eigenvalue weighted by Crippen LogP contribution is -2.44. The molecular weight excluding hydrogens is 469 g/mol. The van der Waals surface area contributed by atoms with Crippen LogP contribution in [0.1, 0.15) is 24.6 Å². The van der Waals surface area contributed by atoms with Gasteiger partial charge in [0.1, 0.15) is 17.5 Å². The highest BCUT2D eigenvalue weighted by atomic mass is 127. The van der Waals surface area contributed by atoms with E-state index >= 15 is 0 Å². The summed E-state index contributed by atoms with van der Waals surface area (Å²) in [5.41, 5.74) is 8.11. The maximum Gasteiger partial charge on any atom is 0.191 e. The van der Waals surface area contributed by atoms with Crippen molar-refractivity contribution in [3.63, 3.8) is 0 Å². The molecule has 2 aromatic rings. The molecule has 152 valence electrons. The molecule has 4 N–H and O–H groups in total. The number of aromatic nitrogens is 2. The summed E-state index contributed by atoms with van der Waals surface area (Å²) in [6, 6.07) is 11.9. The lowest BCUT2D eigenvalue weighted by molar-refractivity contribution is 0.179. The lowest BCUT2D eigenvalue weighted by Gasteiger charge is -2.17. The van der Waals surface area contributed by atoms with Crippen LogP contribution in [0, 0.1) is 11.3 Å². The summed E-state index contributed by atoms with van der Waals surface area (Å²) < 4.78 is 6.73. The second-order valence-electron chi connectivity index (χ2n) is 6.17. The minimum atomic E-state index is 0. The molecule has 0 bridgehead atoms. The van der Waals surface area contributed by atoms with Crippen molar-refractivity contribution in [2.45, 2.75) is 25.8 Å². The molecule has 9 heteroatoms. The van der Waals surface area contributed by atoms with Crippen LogP contribution in [0.15, 0.2) is 35.3 Å². The van der Waals surface area contributed by atoms with Crippen LogP contribution in [-0.4, -0.2) is 49.1 Å². The summed E-state index contributed by atoms with van der Waals surface area (Å²) in [7, 11) is 3.40. The number of guanidine groups is 1. The molecule has 1 aromatic carbocycles. The third-order valence-electron chi connectivity index (χ3n) is 4.01. The number of halogens is 1. The summed E-state index contributed by atoms with van der Waals surface area (Å²) in [6.07, 6.45) is 1.43. The number of benzene rings is 1. The van der Waals surface area contributed by atoms with Crippen LogP contribution in [0.3, 0.4) is 0 Å². The average molecular weight is 497 g/mol. The molecule has 1 unspecified atom stereocenters. The Morgan fingerprint density at radius 3 is 2.71 bits per heavy atom. The standard InChI is InChI=1S/C19H27N7O.HI/c1-14(13-27-3)24-19(22-2)23-11-7-10-17-16(12-20)18(21)26(25-17)15-8-5-4-6-9-15;/h4-6,8-9,14H,7,10-11,13,21H2,1-3H3,(H2,22,23,24);1H. The molecule has 8 nitrogen and oxygen atoms in total. The third kappa shape index (κ3) is 6.38. The molecule has 0 fully saturated rings. The van der Waals surface area contributed by atoms with Gasteiger partial charge in [0.05, 0.1) is 18.0 Å². The van der Waals surface area contributed by atoms with Crippen molar-refractivity contribution in [3.8, 4) is 11.8 Å². The third-order valence-corrected chi connectivity index (χ3v) is 4.01. The fourth-order valence-electron chi connectivity index (χ4n) is 2.72. The van der Waals surface area contributed by atoms with E-state index in [4.69, 9.17) is 10.5 Å². The predicted octanol–water partition coefficient (Wildman–Crippen LogP) is 2.08. The summed E-state index contributed by atoms with van der Waals surface area (Å²) in [5.74, 6) is 1.09. The van der Waals surface area contributed by atoms with Crippen LogP contribution < -0.4 is 16.4 Å². The molecular formula is C19H28IN7O. The highest BCUT2D eigenvalue weighted by Crippen LogP contribution is 2.21. The SMILES string of the molecule is CN=C(NCCCc1nn(-c2ccccc2)c(N)c1C#N)NC(C)COC.I. The molecule has 1 heterocycles. The van der Waals surface area contributed by atoms with Gasteiger partial charge in [0.25, 0.3) is 0 Å². The molecule has 0 saturated heterocycles. The van der Waals surface area contributed by atoms with Gasteiger partial charge in [-0.3, -0.25) is 4.99 Å². The molecule has 28 heavy (non-hydrogen) atoms. The van der Waals surface area contributed by atoms with Crippen LogP contribution in [0.5, 0.6) is 0 Å². The maximum absolute atomic E-state index is 9.45. The van der Waals surface area contributed by atoms with Gasteiger partial charge in [0.2, 0.25) is 0 Å². The van der Waals surface area contributed by atoms with E-state index in [2.05, 4.69) is 26.8 Å². The second kappa shape index (κ2) is 12.2. The monoisotopic (exact) mass is 497 g/mol. The van der Waals surface area contributed by atoms with Gasteiger partial charge >= 0.3 is 0 Å². The Balaban J connectivity index is 0.00000392. The van der Waals surface area contributed by atoms with Gasteiger partial charge in [-0.15, -0.1) is 24.0 Å². The molecule has 0 aliphatic heterocycles. The minimum Gasteiger partial charge on any atom is -0.383 e. The number of methoxy groups -OCH3 is 1. The Morgan fingerprint density at radius 1 is 1.39 bits per heavy atom. The molecule has 1 aromatic heterocycles. The van der Waals surface area contributed by atoms with Crippen molar-refractivity contribution >= 4 is 35.8 Å². The number of nitrogens with two attached hydrogens (primary N) is 1. The summed E-state index contributed by atoms with van der Waals surface area (Å²) >= 11 is 0.